The maximum atomic E-state index is 11.9. The van der Waals surface area contributed by atoms with Crippen LogP contribution in [0.2, 0.25) is 0 Å². The van der Waals surface area contributed by atoms with Crippen LogP contribution in [-0.2, 0) is 31.9 Å². The Morgan fingerprint density at radius 2 is 1.32 bits per heavy atom. The van der Waals surface area contributed by atoms with Crippen molar-refractivity contribution in [2.45, 2.75) is 52.4 Å². The topological polar surface area (TPSA) is 127 Å². The lowest BCUT2D eigenvalue weighted by atomic mass is 9.91. The number of hydrogen-bond acceptors (Lipinski definition) is 8. The number of rotatable bonds is 18. The van der Waals surface area contributed by atoms with E-state index in [9.17, 15) is 29.4 Å². The van der Waals surface area contributed by atoms with Crippen LogP contribution >= 0.6 is 23.5 Å². The first-order valence-corrected chi connectivity index (χ1v) is 13.7. The number of hydrogen-bond donors (Lipinski definition) is 2. The van der Waals surface area contributed by atoms with Gasteiger partial charge >= 0.3 is 23.9 Å². The van der Waals surface area contributed by atoms with Gasteiger partial charge in [0.2, 0.25) is 0 Å². The highest BCUT2D eigenvalue weighted by molar-refractivity contribution is 8.00. The van der Waals surface area contributed by atoms with Crippen LogP contribution in [0, 0.1) is 0 Å². The lowest BCUT2D eigenvalue weighted by molar-refractivity contribution is -0.141. The molecule has 0 aromatic heterocycles. The fraction of sp³-hybridized carbons (Fsp3) is 0.583. The molecule has 0 amide bonds. The zero-order chi connectivity index (χ0) is 25.3. The Labute approximate surface area is 209 Å². The highest BCUT2D eigenvalue weighted by Crippen LogP contribution is 2.24. The van der Waals surface area contributed by atoms with Crippen LogP contribution in [0.15, 0.2) is 12.1 Å². The molecule has 0 aliphatic carbocycles. The van der Waals surface area contributed by atoms with Gasteiger partial charge in [0.15, 0.2) is 0 Å². The molecule has 0 saturated carbocycles. The highest BCUT2D eigenvalue weighted by atomic mass is 32.2. The van der Waals surface area contributed by atoms with E-state index in [1.165, 1.54) is 29.6 Å². The van der Waals surface area contributed by atoms with Gasteiger partial charge in [-0.25, -0.2) is 9.59 Å². The Morgan fingerprint density at radius 1 is 0.794 bits per heavy atom. The molecule has 0 saturated heterocycles. The van der Waals surface area contributed by atoms with Gasteiger partial charge in [0.05, 0.1) is 35.8 Å². The van der Waals surface area contributed by atoms with Crippen LogP contribution in [0.4, 0.5) is 0 Å². The van der Waals surface area contributed by atoms with E-state index in [4.69, 9.17) is 9.47 Å². The summed E-state index contributed by atoms with van der Waals surface area (Å²) in [4.78, 5) is 46.7. The Morgan fingerprint density at radius 3 is 1.79 bits per heavy atom. The number of esters is 2. The van der Waals surface area contributed by atoms with E-state index in [0.717, 1.165) is 18.4 Å². The number of thioether (sulfide) groups is 2. The lowest BCUT2D eigenvalue weighted by Gasteiger charge is -2.15. The van der Waals surface area contributed by atoms with Crippen LogP contribution in [0.5, 0.6) is 0 Å². The third-order valence-electron chi connectivity index (χ3n) is 4.68. The van der Waals surface area contributed by atoms with Gasteiger partial charge in [-0.15, -0.1) is 0 Å². The second-order valence-corrected chi connectivity index (χ2v) is 9.70. The first-order chi connectivity index (χ1) is 16.3. The van der Waals surface area contributed by atoms with Crippen molar-refractivity contribution in [1.29, 1.82) is 0 Å². The summed E-state index contributed by atoms with van der Waals surface area (Å²) in [6, 6.07) is 3.03. The van der Waals surface area contributed by atoms with Crippen LogP contribution in [-0.4, -0.2) is 70.3 Å². The van der Waals surface area contributed by atoms with Crippen molar-refractivity contribution >= 4 is 47.4 Å². The zero-order valence-electron chi connectivity index (χ0n) is 19.8. The summed E-state index contributed by atoms with van der Waals surface area (Å²) in [6.45, 7) is 4.66. The molecule has 10 heteroatoms. The van der Waals surface area contributed by atoms with Crippen molar-refractivity contribution in [2.75, 3.05) is 36.2 Å². The van der Waals surface area contributed by atoms with Gasteiger partial charge in [-0.05, 0) is 67.2 Å². The number of benzene rings is 1. The molecule has 34 heavy (non-hydrogen) atoms. The maximum absolute atomic E-state index is 11.9. The normalized spacial score (nSPS) is 10.6. The second kappa shape index (κ2) is 17.3. The molecule has 1 aromatic rings. The van der Waals surface area contributed by atoms with Crippen LogP contribution in [0.1, 0.15) is 71.4 Å². The molecule has 1 rings (SSSR count). The van der Waals surface area contributed by atoms with E-state index in [-0.39, 0.29) is 34.6 Å². The van der Waals surface area contributed by atoms with Crippen molar-refractivity contribution in [3.05, 3.63) is 34.4 Å². The molecule has 190 valence electrons. The molecule has 0 radical (unpaired) electrons. The summed E-state index contributed by atoms with van der Waals surface area (Å²) < 4.78 is 10.1. The van der Waals surface area contributed by atoms with Crippen LogP contribution < -0.4 is 0 Å². The summed E-state index contributed by atoms with van der Waals surface area (Å²) in [5, 5.41) is 19.2. The number of aryl methyl sites for hydroxylation is 1. The number of ether oxygens (including phenoxy) is 2. The first kappa shape index (κ1) is 29.8. The molecule has 1 aromatic carbocycles. The Hall–Kier alpha value is -2.20. The Balaban J connectivity index is 2.75. The summed E-state index contributed by atoms with van der Waals surface area (Å²) in [7, 11) is 0. The van der Waals surface area contributed by atoms with E-state index in [0.29, 0.717) is 56.0 Å². The van der Waals surface area contributed by atoms with Gasteiger partial charge in [0.1, 0.15) is 0 Å². The van der Waals surface area contributed by atoms with Gasteiger partial charge in [-0.2, -0.15) is 23.5 Å². The molecule has 0 spiro atoms. The maximum Gasteiger partial charge on any atom is 0.336 e. The molecule has 0 atom stereocenters. The molecular weight excluding hydrogens is 480 g/mol. The number of carboxylic acid groups (broad SMARTS) is 2. The summed E-state index contributed by atoms with van der Waals surface area (Å²) in [6.07, 6.45) is 3.81. The van der Waals surface area contributed by atoms with Gasteiger partial charge in [-0.1, -0.05) is 19.9 Å². The Bertz CT molecular complexity index is 825. The molecule has 8 nitrogen and oxygen atoms in total. The third kappa shape index (κ3) is 11.3. The van der Waals surface area contributed by atoms with Gasteiger partial charge in [-0.3, -0.25) is 9.59 Å². The second-order valence-electron chi connectivity index (χ2n) is 7.49. The molecular formula is C24H34O8S2. The monoisotopic (exact) mass is 514 g/mol. The van der Waals surface area contributed by atoms with Crippen molar-refractivity contribution < 1.29 is 38.9 Å². The van der Waals surface area contributed by atoms with Gasteiger partial charge < -0.3 is 19.7 Å². The first-order valence-electron chi connectivity index (χ1n) is 11.4. The highest BCUT2D eigenvalue weighted by Gasteiger charge is 2.22. The van der Waals surface area contributed by atoms with Crippen molar-refractivity contribution in [3.8, 4) is 0 Å². The minimum absolute atomic E-state index is 0.173. The number of carboxylic acids is 2. The molecule has 2 N–H and O–H groups in total. The predicted molar refractivity (Wildman–Crippen MR) is 134 cm³/mol. The fourth-order valence-electron chi connectivity index (χ4n) is 3.18. The van der Waals surface area contributed by atoms with E-state index < -0.39 is 11.9 Å². The van der Waals surface area contributed by atoms with E-state index in [2.05, 4.69) is 0 Å². The fourth-order valence-corrected chi connectivity index (χ4v) is 4.66. The van der Waals surface area contributed by atoms with Crippen molar-refractivity contribution in [1.82, 2.24) is 0 Å². The summed E-state index contributed by atoms with van der Waals surface area (Å²) >= 11 is 2.86. The molecule has 0 fully saturated rings. The molecule has 0 bridgehead atoms. The quantitative estimate of drug-likeness (QED) is 0.216. The third-order valence-corrected chi connectivity index (χ3v) is 6.71. The molecule has 0 heterocycles. The average molecular weight is 515 g/mol. The molecule has 0 unspecified atom stereocenters. The predicted octanol–water partition coefficient (Wildman–Crippen LogP) is 4.32. The van der Waals surface area contributed by atoms with E-state index in [1.54, 1.807) is 6.07 Å². The van der Waals surface area contributed by atoms with Crippen molar-refractivity contribution in [3.63, 3.8) is 0 Å². The van der Waals surface area contributed by atoms with Crippen LogP contribution in [0.25, 0.3) is 0 Å². The lowest BCUT2D eigenvalue weighted by Crippen LogP contribution is -2.14. The number of aromatic carboxylic acids is 2. The smallest absolute Gasteiger partial charge is 0.336 e. The number of carbonyl (C=O) groups is 4. The largest absolute Gasteiger partial charge is 0.478 e. The van der Waals surface area contributed by atoms with E-state index in [1.807, 2.05) is 13.8 Å². The van der Waals surface area contributed by atoms with Crippen LogP contribution in [0.3, 0.4) is 0 Å². The van der Waals surface area contributed by atoms with Gasteiger partial charge in [0.25, 0.3) is 0 Å². The van der Waals surface area contributed by atoms with Crippen molar-refractivity contribution in [2.24, 2.45) is 0 Å². The Kier molecular flexibility index (Phi) is 15.1. The minimum atomic E-state index is -1.28. The minimum Gasteiger partial charge on any atom is -0.478 e. The SMILES string of the molecule is CCCOC(=O)CSCCCc1ccc(C(=O)O)c(C(=O)O)c1CCCSCC(=O)OCCC. The average Bonchev–Trinajstić information content (AvgIpc) is 2.80. The number of carbonyl (C=O) groups excluding carboxylic acids is 2. The zero-order valence-corrected chi connectivity index (χ0v) is 21.4. The summed E-state index contributed by atoms with van der Waals surface area (Å²) in [5.41, 5.74) is 0.918. The van der Waals surface area contributed by atoms with Gasteiger partial charge in [0, 0.05) is 0 Å². The standard InChI is InChI=1S/C24H34O8S2/c1-3-11-31-20(25)15-33-13-5-7-17-9-10-19(23(27)28)22(24(29)30)18(17)8-6-14-34-16-21(26)32-12-4-2/h9-10H,3-8,11-16H2,1-2H3,(H,27,28)(H,29,30). The summed E-state index contributed by atoms with van der Waals surface area (Å²) in [5.74, 6) is -1.26. The molecule has 0 aliphatic rings. The van der Waals surface area contributed by atoms with E-state index >= 15 is 0 Å². The molecule has 0 aliphatic heterocycles.